The number of hydrogen-bond donors (Lipinski definition) is 1. The second-order valence-electron chi connectivity index (χ2n) is 2.80. The van der Waals surface area contributed by atoms with E-state index in [1.807, 2.05) is 6.92 Å². The standard InChI is InChI=1S/C9H7N5S/c1-6-12-9(14-13-6)15-8-4-7(5-10)2-3-11-8/h2-4H,1H3,(H,12,13,14). The molecule has 0 saturated carbocycles. The molecule has 2 heterocycles. The van der Waals surface area contributed by atoms with Crippen LogP contribution in [0.5, 0.6) is 0 Å². The van der Waals surface area contributed by atoms with Gasteiger partial charge in [-0.3, -0.25) is 5.10 Å². The minimum atomic E-state index is 0.583. The van der Waals surface area contributed by atoms with Gasteiger partial charge in [0.15, 0.2) is 0 Å². The zero-order valence-corrected chi connectivity index (χ0v) is 8.75. The molecular formula is C9H7N5S. The van der Waals surface area contributed by atoms with Gasteiger partial charge in [0.25, 0.3) is 0 Å². The third-order valence-electron chi connectivity index (χ3n) is 1.64. The van der Waals surface area contributed by atoms with E-state index in [0.717, 1.165) is 5.82 Å². The van der Waals surface area contributed by atoms with Gasteiger partial charge in [-0.25, -0.2) is 9.97 Å². The molecule has 74 valence electrons. The van der Waals surface area contributed by atoms with Crippen LogP contribution in [0, 0.1) is 18.3 Å². The Labute approximate surface area is 90.6 Å². The highest BCUT2D eigenvalue weighted by molar-refractivity contribution is 7.99. The SMILES string of the molecule is Cc1nc(Sc2cc(C#N)ccn2)n[nH]1. The van der Waals surface area contributed by atoms with Gasteiger partial charge in [-0.05, 0) is 30.8 Å². The Morgan fingerprint density at radius 3 is 3.07 bits per heavy atom. The lowest BCUT2D eigenvalue weighted by Gasteiger charge is -1.95. The maximum Gasteiger partial charge on any atom is 0.214 e. The molecule has 0 aromatic carbocycles. The van der Waals surface area contributed by atoms with Gasteiger partial charge in [0.1, 0.15) is 10.9 Å². The van der Waals surface area contributed by atoms with Gasteiger partial charge in [0.2, 0.25) is 5.16 Å². The van der Waals surface area contributed by atoms with Crippen LogP contribution < -0.4 is 0 Å². The van der Waals surface area contributed by atoms with Crippen molar-refractivity contribution in [2.24, 2.45) is 0 Å². The summed E-state index contributed by atoms with van der Waals surface area (Å²) in [4.78, 5) is 8.24. The zero-order chi connectivity index (χ0) is 10.7. The number of aryl methyl sites for hydroxylation is 1. The van der Waals surface area contributed by atoms with Crippen molar-refractivity contribution in [1.29, 1.82) is 5.26 Å². The van der Waals surface area contributed by atoms with Crippen LogP contribution in [-0.4, -0.2) is 20.2 Å². The molecule has 2 aromatic heterocycles. The van der Waals surface area contributed by atoms with Crippen molar-refractivity contribution >= 4 is 11.8 Å². The Morgan fingerprint density at radius 1 is 1.53 bits per heavy atom. The highest BCUT2D eigenvalue weighted by Crippen LogP contribution is 2.22. The Morgan fingerprint density at radius 2 is 2.40 bits per heavy atom. The van der Waals surface area contributed by atoms with Crippen molar-refractivity contribution in [3.8, 4) is 6.07 Å². The predicted molar refractivity (Wildman–Crippen MR) is 54.2 cm³/mol. The van der Waals surface area contributed by atoms with Crippen LogP contribution in [0.25, 0.3) is 0 Å². The fraction of sp³-hybridized carbons (Fsp3) is 0.111. The minimum Gasteiger partial charge on any atom is -0.262 e. The summed E-state index contributed by atoms with van der Waals surface area (Å²) in [6.07, 6.45) is 1.60. The fourth-order valence-corrected chi connectivity index (χ4v) is 1.76. The third kappa shape index (κ3) is 2.33. The van der Waals surface area contributed by atoms with Crippen LogP contribution in [0.15, 0.2) is 28.5 Å². The molecular weight excluding hydrogens is 210 g/mol. The topological polar surface area (TPSA) is 78.2 Å². The summed E-state index contributed by atoms with van der Waals surface area (Å²) >= 11 is 1.32. The summed E-state index contributed by atoms with van der Waals surface area (Å²) in [5, 5.41) is 16.7. The number of aromatic nitrogens is 4. The molecule has 5 nitrogen and oxygen atoms in total. The van der Waals surface area contributed by atoms with E-state index in [0.29, 0.717) is 15.7 Å². The van der Waals surface area contributed by atoms with Crippen LogP contribution >= 0.6 is 11.8 Å². The summed E-state index contributed by atoms with van der Waals surface area (Å²) in [6, 6.07) is 5.42. The summed E-state index contributed by atoms with van der Waals surface area (Å²) in [5.74, 6) is 0.758. The van der Waals surface area contributed by atoms with Gasteiger partial charge >= 0.3 is 0 Å². The largest absolute Gasteiger partial charge is 0.262 e. The number of nitrogens with one attached hydrogen (secondary N) is 1. The second kappa shape index (κ2) is 4.11. The highest BCUT2D eigenvalue weighted by Gasteiger charge is 2.04. The summed E-state index contributed by atoms with van der Waals surface area (Å²) in [6.45, 7) is 1.83. The van der Waals surface area contributed by atoms with Crippen molar-refractivity contribution < 1.29 is 0 Å². The lowest BCUT2D eigenvalue weighted by Crippen LogP contribution is -1.83. The van der Waals surface area contributed by atoms with Gasteiger partial charge < -0.3 is 0 Å². The van der Waals surface area contributed by atoms with E-state index in [-0.39, 0.29) is 0 Å². The maximum absolute atomic E-state index is 8.71. The Bertz CT molecular complexity index is 513. The molecule has 1 N–H and O–H groups in total. The second-order valence-corrected chi connectivity index (χ2v) is 3.79. The molecule has 0 aliphatic carbocycles. The van der Waals surface area contributed by atoms with E-state index in [9.17, 15) is 0 Å². The average Bonchev–Trinajstić information content (AvgIpc) is 2.64. The third-order valence-corrected chi connectivity index (χ3v) is 2.43. The van der Waals surface area contributed by atoms with E-state index in [2.05, 4.69) is 26.2 Å². The summed E-state index contributed by atoms with van der Waals surface area (Å²) in [7, 11) is 0. The Balaban J connectivity index is 2.21. The van der Waals surface area contributed by atoms with Crippen LogP contribution in [0.1, 0.15) is 11.4 Å². The van der Waals surface area contributed by atoms with E-state index in [1.165, 1.54) is 11.8 Å². The van der Waals surface area contributed by atoms with Crippen LogP contribution in [0.4, 0.5) is 0 Å². The monoisotopic (exact) mass is 217 g/mol. The Hall–Kier alpha value is -1.87. The number of H-pyrrole nitrogens is 1. The molecule has 0 fully saturated rings. The van der Waals surface area contributed by atoms with Crippen molar-refractivity contribution in [3.05, 3.63) is 29.7 Å². The van der Waals surface area contributed by atoms with Crippen molar-refractivity contribution in [2.75, 3.05) is 0 Å². The molecule has 2 rings (SSSR count). The van der Waals surface area contributed by atoms with E-state index in [1.54, 1.807) is 18.3 Å². The molecule has 0 radical (unpaired) electrons. The normalized spacial score (nSPS) is 9.87. The number of aromatic amines is 1. The highest BCUT2D eigenvalue weighted by atomic mass is 32.2. The predicted octanol–water partition coefficient (Wildman–Crippen LogP) is 1.53. The smallest absolute Gasteiger partial charge is 0.214 e. The van der Waals surface area contributed by atoms with E-state index < -0.39 is 0 Å². The van der Waals surface area contributed by atoms with Gasteiger partial charge in [-0.1, -0.05) is 0 Å². The molecule has 0 aliphatic rings. The van der Waals surface area contributed by atoms with Crippen molar-refractivity contribution in [1.82, 2.24) is 20.2 Å². The molecule has 2 aromatic rings. The zero-order valence-electron chi connectivity index (χ0n) is 7.93. The van der Waals surface area contributed by atoms with Crippen molar-refractivity contribution in [3.63, 3.8) is 0 Å². The lowest BCUT2D eigenvalue weighted by atomic mass is 10.3. The van der Waals surface area contributed by atoms with Crippen LogP contribution in [0.3, 0.4) is 0 Å². The molecule has 0 saturated heterocycles. The van der Waals surface area contributed by atoms with Crippen molar-refractivity contribution in [2.45, 2.75) is 17.1 Å². The maximum atomic E-state index is 8.71. The molecule has 0 atom stereocenters. The van der Waals surface area contributed by atoms with Crippen LogP contribution in [-0.2, 0) is 0 Å². The first kappa shape index (κ1) is 9.68. The summed E-state index contributed by atoms with van der Waals surface area (Å²) < 4.78 is 0. The lowest BCUT2D eigenvalue weighted by molar-refractivity contribution is 0.964. The van der Waals surface area contributed by atoms with Gasteiger partial charge in [-0.15, -0.1) is 5.10 Å². The molecule has 0 amide bonds. The minimum absolute atomic E-state index is 0.583. The summed E-state index contributed by atoms with van der Waals surface area (Å²) in [5.41, 5.74) is 0.583. The number of rotatable bonds is 2. The molecule has 0 aliphatic heterocycles. The number of hydrogen-bond acceptors (Lipinski definition) is 5. The fourth-order valence-electron chi connectivity index (χ4n) is 0.996. The van der Waals surface area contributed by atoms with E-state index in [4.69, 9.17) is 5.26 Å². The number of nitriles is 1. The molecule has 0 unspecified atom stereocenters. The Kier molecular flexibility index (Phi) is 2.65. The first-order chi connectivity index (χ1) is 7.28. The first-order valence-electron chi connectivity index (χ1n) is 4.21. The quantitative estimate of drug-likeness (QED) is 0.825. The average molecular weight is 217 g/mol. The molecule has 6 heteroatoms. The van der Waals surface area contributed by atoms with Gasteiger partial charge in [0.05, 0.1) is 11.6 Å². The van der Waals surface area contributed by atoms with E-state index >= 15 is 0 Å². The van der Waals surface area contributed by atoms with Gasteiger partial charge in [-0.2, -0.15) is 5.26 Å². The van der Waals surface area contributed by atoms with Gasteiger partial charge in [0, 0.05) is 6.20 Å². The number of nitrogens with zero attached hydrogens (tertiary/aromatic N) is 4. The molecule has 0 spiro atoms. The first-order valence-corrected chi connectivity index (χ1v) is 5.02. The molecule has 15 heavy (non-hydrogen) atoms. The molecule has 0 bridgehead atoms. The van der Waals surface area contributed by atoms with Crippen LogP contribution in [0.2, 0.25) is 0 Å². The number of pyridine rings is 1.